The highest BCUT2D eigenvalue weighted by atomic mass is 19.4. The number of carbonyl (C=O) groups is 3. The number of nitrogens with one attached hydrogen (secondary N) is 3. The number of piperidine rings is 1. The maximum absolute atomic E-state index is 14.7. The summed E-state index contributed by atoms with van der Waals surface area (Å²) in [5.74, 6) is -7.20. The van der Waals surface area contributed by atoms with Crippen LogP contribution in [0.1, 0.15) is 58.6 Å². The molecule has 6 rings (SSSR count). The van der Waals surface area contributed by atoms with Gasteiger partial charge in [-0.25, -0.2) is 18.2 Å². The lowest BCUT2D eigenvalue weighted by atomic mass is 9.70. The van der Waals surface area contributed by atoms with Crippen LogP contribution in [0.4, 0.5) is 32.2 Å². The molecule has 3 N–H and O–H groups in total. The third kappa shape index (κ3) is 4.82. The minimum absolute atomic E-state index is 0.000301. The van der Waals surface area contributed by atoms with E-state index >= 15 is 0 Å². The zero-order valence-corrected chi connectivity index (χ0v) is 22.6. The van der Waals surface area contributed by atoms with Crippen molar-refractivity contribution in [3.63, 3.8) is 0 Å². The van der Waals surface area contributed by atoms with Crippen molar-refractivity contribution in [3.05, 3.63) is 82.1 Å². The van der Waals surface area contributed by atoms with Gasteiger partial charge < -0.3 is 20.5 Å². The van der Waals surface area contributed by atoms with Gasteiger partial charge in [0.05, 0.1) is 5.41 Å². The molecule has 4 heterocycles. The number of aromatic amines is 1. The van der Waals surface area contributed by atoms with Crippen molar-refractivity contribution in [1.29, 1.82) is 0 Å². The van der Waals surface area contributed by atoms with Crippen LogP contribution >= 0.6 is 0 Å². The highest BCUT2D eigenvalue weighted by Crippen LogP contribution is 2.46. The van der Waals surface area contributed by atoms with Gasteiger partial charge in [0.1, 0.15) is 29.9 Å². The predicted octanol–water partition coefficient (Wildman–Crippen LogP) is 4.27. The van der Waals surface area contributed by atoms with Crippen molar-refractivity contribution in [2.24, 2.45) is 0 Å². The predicted molar refractivity (Wildman–Crippen MR) is 140 cm³/mol. The number of nitrogens with zero attached hydrogens (tertiary/aromatic N) is 2. The van der Waals surface area contributed by atoms with Crippen molar-refractivity contribution in [3.8, 4) is 0 Å². The first-order chi connectivity index (χ1) is 20.3. The summed E-state index contributed by atoms with van der Waals surface area (Å²) >= 11 is 0. The van der Waals surface area contributed by atoms with Gasteiger partial charge in [-0.2, -0.15) is 13.2 Å². The number of benzene rings is 1. The van der Waals surface area contributed by atoms with E-state index in [2.05, 4.69) is 20.6 Å². The van der Waals surface area contributed by atoms with Crippen LogP contribution in [0.3, 0.4) is 0 Å². The van der Waals surface area contributed by atoms with E-state index in [9.17, 15) is 40.7 Å². The number of anilines is 1. The average Bonchev–Trinajstić information content (AvgIpc) is 3.49. The molecule has 2 aromatic heterocycles. The van der Waals surface area contributed by atoms with Gasteiger partial charge in [0.2, 0.25) is 11.8 Å². The first kappa shape index (κ1) is 28.7. The highest BCUT2D eigenvalue weighted by Gasteiger charge is 2.50. The topological polar surface area (TPSA) is 107 Å². The fraction of sp³-hybridized carbons (Fsp3) is 0.379. The van der Waals surface area contributed by atoms with Gasteiger partial charge in [-0.15, -0.1) is 0 Å². The van der Waals surface area contributed by atoms with Crippen LogP contribution in [0.15, 0.2) is 36.5 Å². The van der Waals surface area contributed by atoms with Crippen molar-refractivity contribution in [2.45, 2.75) is 62.2 Å². The van der Waals surface area contributed by atoms with Crippen LogP contribution in [0.25, 0.3) is 0 Å². The van der Waals surface area contributed by atoms with Crippen LogP contribution < -0.4 is 10.6 Å². The molecule has 14 heteroatoms. The molecule has 0 radical (unpaired) electrons. The van der Waals surface area contributed by atoms with Crippen molar-refractivity contribution >= 4 is 23.5 Å². The number of H-pyrrole nitrogens is 1. The summed E-state index contributed by atoms with van der Waals surface area (Å²) in [6.45, 7) is -0.538. The number of hydrogen-bond acceptors (Lipinski definition) is 4. The molecule has 3 aromatic rings. The first-order valence-corrected chi connectivity index (χ1v) is 13.6. The van der Waals surface area contributed by atoms with Gasteiger partial charge in [-0.1, -0.05) is 6.07 Å². The van der Waals surface area contributed by atoms with Crippen molar-refractivity contribution in [1.82, 2.24) is 20.2 Å². The molecule has 3 aliphatic rings. The van der Waals surface area contributed by atoms with Crippen molar-refractivity contribution < 1.29 is 40.7 Å². The van der Waals surface area contributed by atoms with Gasteiger partial charge >= 0.3 is 6.18 Å². The summed E-state index contributed by atoms with van der Waals surface area (Å²) in [6.07, 6.45) is -2.65. The zero-order valence-electron chi connectivity index (χ0n) is 22.6. The molecule has 0 unspecified atom stereocenters. The molecule has 0 bridgehead atoms. The van der Waals surface area contributed by atoms with E-state index in [1.165, 1.54) is 13.0 Å². The largest absolute Gasteiger partial charge is 0.406 e. The number of aromatic nitrogens is 2. The number of aryl methyl sites for hydroxylation is 1. The SMILES string of the molecule is C[C@@H]1[C@H](c2c(F)ccc(F)c2F)C[C@H](NC(=O)c2cc3c([nH]2)CC[C@@]2(C3)C(=O)Nc3ncccc32)C(=O)N1CC(F)(F)F. The highest BCUT2D eigenvalue weighted by molar-refractivity contribution is 6.05. The number of pyridine rings is 1. The number of carbonyl (C=O) groups excluding carboxylic acids is 3. The van der Waals surface area contributed by atoms with E-state index in [1.54, 1.807) is 12.3 Å². The molecule has 2 aliphatic heterocycles. The summed E-state index contributed by atoms with van der Waals surface area (Å²) in [4.78, 5) is 47.1. The van der Waals surface area contributed by atoms with Gasteiger partial charge in [-0.05, 0) is 62.4 Å². The molecular formula is C29H25F6N5O3. The molecule has 1 saturated heterocycles. The molecule has 1 fully saturated rings. The van der Waals surface area contributed by atoms with Crippen LogP contribution in [0.5, 0.6) is 0 Å². The van der Waals surface area contributed by atoms with E-state index in [1.807, 2.05) is 6.07 Å². The van der Waals surface area contributed by atoms with Gasteiger partial charge in [0.25, 0.3) is 5.91 Å². The fourth-order valence-electron chi connectivity index (χ4n) is 6.64. The van der Waals surface area contributed by atoms with Crippen LogP contribution in [0, 0.1) is 17.5 Å². The Morgan fingerprint density at radius 1 is 1.16 bits per heavy atom. The maximum atomic E-state index is 14.7. The molecule has 3 amide bonds. The number of alkyl halides is 3. The second-order valence-electron chi connectivity index (χ2n) is 11.2. The maximum Gasteiger partial charge on any atom is 0.406 e. The van der Waals surface area contributed by atoms with E-state index in [0.29, 0.717) is 46.9 Å². The molecule has 4 atom stereocenters. The smallest absolute Gasteiger partial charge is 0.354 e. The number of hydrogen-bond donors (Lipinski definition) is 3. The Hall–Kier alpha value is -4.36. The van der Waals surface area contributed by atoms with Gasteiger partial charge in [0.15, 0.2) is 11.6 Å². The Bertz CT molecular complexity index is 1660. The normalized spacial score (nSPS) is 25.0. The monoisotopic (exact) mass is 605 g/mol. The first-order valence-electron chi connectivity index (χ1n) is 13.6. The Morgan fingerprint density at radius 3 is 2.65 bits per heavy atom. The Labute approximate surface area is 240 Å². The number of amides is 3. The summed E-state index contributed by atoms with van der Waals surface area (Å²) in [5, 5.41) is 5.20. The molecule has 1 spiro atoms. The summed E-state index contributed by atoms with van der Waals surface area (Å²) in [7, 11) is 0. The Balaban J connectivity index is 1.28. The Kier molecular flexibility index (Phi) is 6.77. The summed E-state index contributed by atoms with van der Waals surface area (Å²) in [5.41, 5.74) is 0.425. The lowest BCUT2D eigenvalue weighted by molar-refractivity contribution is -0.170. The zero-order chi connectivity index (χ0) is 30.8. The van der Waals surface area contributed by atoms with Crippen LogP contribution in [-0.2, 0) is 27.8 Å². The second-order valence-corrected chi connectivity index (χ2v) is 11.2. The third-order valence-corrected chi connectivity index (χ3v) is 8.77. The van der Waals surface area contributed by atoms with E-state index in [4.69, 9.17) is 0 Å². The quantitative estimate of drug-likeness (QED) is 0.305. The van der Waals surface area contributed by atoms with Crippen molar-refractivity contribution in [2.75, 3.05) is 11.9 Å². The fourth-order valence-corrected chi connectivity index (χ4v) is 6.64. The minimum Gasteiger partial charge on any atom is -0.354 e. The third-order valence-electron chi connectivity index (χ3n) is 8.77. The van der Waals surface area contributed by atoms with E-state index in [-0.39, 0.29) is 18.0 Å². The summed E-state index contributed by atoms with van der Waals surface area (Å²) in [6, 6.07) is 3.31. The standard InChI is InChI=1S/C29H25F6N5O3/c1-13-15(22-17(30)4-5-18(31)23(22)32)10-21(26(42)40(13)12-29(33,34)35)38-25(41)20-9-14-11-28(7-6-19(14)37-20)16-3-2-8-36-24(16)39-27(28)43/h2-5,8-9,13,15,21,37H,6-7,10-12H2,1H3,(H,38,41)(H,36,39,43)/t13-,15-,21+,28+/m1/s1. The van der Waals surface area contributed by atoms with Crippen LogP contribution in [0.2, 0.25) is 0 Å². The second kappa shape index (κ2) is 10.1. The molecule has 8 nitrogen and oxygen atoms in total. The van der Waals surface area contributed by atoms with Gasteiger partial charge in [0, 0.05) is 35.0 Å². The average molecular weight is 606 g/mol. The molecule has 1 aromatic carbocycles. The van der Waals surface area contributed by atoms with E-state index < -0.39 is 77.4 Å². The molecule has 43 heavy (non-hydrogen) atoms. The summed E-state index contributed by atoms with van der Waals surface area (Å²) < 4.78 is 83.8. The number of rotatable bonds is 4. The molecular weight excluding hydrogens is 580 g/mol. The number of likely N-dealkylation sites (tertiary alicyclic amines) is 1. The number of fused-ring (bicyclic) bond motifs is 3. The lowest BCUT2D eigenvalue weighted by Gasteiger charge is -2.43. The van der Waals surface area contributed by atoms with E-state index in [0.717, 1.165) is 5.56 Å². The minimum atomic E-state index is -4.85. The molecule has 0 saturated carbocycles. The molecule has 1 aliphatic carbocycles. The molecule has 226 valence electrons. The van der Waals surface area contributed by atoms with Crippen LogP contribution in [-0.4, -0.2) is 57.4 Å². The Morgan fingerprint density at radius 2 is 1.91 bits per heavy atom. The lowest BCUT2D eigenvalue weighted by Crippen LogP contribution is -2.60. The number of halogens is 6. The van der Waals surface area contributed by atoms with Gasteiger partial charge in [-0.3, -0.25) is 14.4 Å².